The van der Waals surface area contributed by atoms with Crippen molar-refractivity contribution in [3.05, 3.63) is 0 Å². The molecule has 0 spiro atoms. The summed E-state index contributed by atoms with van der Waals surface area (Å²) in [6.07, 6.45) is 0. The van der Waals surface area contributed by atoms with Crippen molar-refractivity contribution in [2.75, 3.05) is 13.6 Å². The van der Waals surface area contributed by atoms with Crippen LogP contribution in [-0.4, -0.2) is 39.2 Å². The van der Waals surface area contributed by atoms with Gasteiger partial charge in [0.1, 0.15) is 0 Å². The van der Waals surface area contributed by atoms with E-state index in [9.17, 15) is 13.2 Å². The van der Waals surface area contributed by atoms with Crippen LogP contribution in [0, 0.1) is 0 Å². The zero-order valence-corrected chi connectivity index (χ0v) is 9.39. The summed E-state index contributed by atoms with van der Waals surface area (Å²) in [5, 5.41) is 1.65. The molecule has 0 aromatic carbocycles. The van der Waals surface area contributed by atoms with Gasteiger partial charge in [-0.1, -0.05) is 0 Å². The van der Waals surface area contributed by atoms with Gasteiger partial charge in [-0.15, -0.1) is 0 Å². The third kappa shape index (κ3) is 3.60. The van der Waals surface area contributed by atoms with Gasteiger partial charge in [0, 0.05) is 13.6 Å². The number of sulfonamides is 1. The minimum atomic E-state index is -3.50. The average Bonchev–Trinajstić information content (AvgIpc) is 2.14. The Morgan fingerprint density at radius 3 is 2.29 bits per heavy atom. The van der Waals surface area contributed by atoms with Crippen LogP contribution in [0.1, 0.15) is 13.8 Å². The van der Waals surface area contributed by atoms with Crippen molar-refractivity contribution in [1.82, 2.24) is 10.0 Å². The predicted octanol–water partition coefficient (Wildman–Crippen LogP) is -1.61. The van der Waals surface area contributed by atoms with Gasteiger partial charge in [0.2, 0.25) is 15.9 Å². The van der Waals surface area contributed by atoms with E-state index in [4.69, 9.17) is 5.73 Å². The van der Waals surface area contributed by atoms with E-state index < -0.39 is 21.3 Å². The average molecular weight is 223 g/mol. The van der Waals surface area contributed by atoms with Gasteiger partial charge in [-0.3, -0.25) is 4.79 Å². The lowest BCUT2D eigenvalue weighted by atomic mass is 10.3. The number of amides is 1. The van der Waals surface area contributed by atoms with Crippen molar-refractivity contribution >= 4 is 15.9 Å². The van der Waals surface area contributed by atoms with Gasteiger partial charge in [-0.2, -0.15) is 0 Å². The van der Waals surface area contributed by atoms with Gasteiger partial charge < -0.3 is 11.1 Å². The molecule has 7 heteroatoms. The lowest BCUT2D eigenvalue weighted by Crippen LogP contribution is -2.47. The largest absolute Gasteiger partial charge is 0.358 e. The number of hydrogen-bond donors (Lipinski definition) is 3. The number of carbonyl (C=O) groups excluding carboxylic acids is 1. The number of likely N-dealkylation sites (N-methyl/N-ethyl adjacent to an activating group) is 1. The first-order valence-corrected chi connectivity index (χ1v) is 5.82. The second kappa shape index (κ2) is 5.28. The molecule has 0 aliphatic heterocycles. The Morgan fingerprint density at radius 2 is 1.93 bits per heavy atom. The topological polar surface area (TPSA) is 101 Å². The standard InChI is InChI=1S/C7H17N3O3S/c1-5(4-8)14(12,13)10-6(2)7(11)9-3/h5-6,10H,4,8H2,1-3H3,(H,9,11). The summed E-state index contributed by atoms with van der Waals surface area (Å²) in [6, 6.07) is -0.779. The maximum absolute atomic E-state index is 11.4. The second-order valence-electron chi connectivity index (χ2n) is 3.05. The van der Waals surface area contributed by atoms with Crippen molar-refractivity contribution in [2.24, 2.45) is 5.73 Å². The minimum Gasteiger partial charge on any atom is -0.358 e. The van der Waals surface area contributed by atoms with Crippen LogP contribution < -0.4 is 15.8 Å². The van der Waals surface area contributed by atoms with Crippen LogP contribution in [0.5, 0.6) is 0 Å². The highest BCUT2D eigenvalue weighted by Gasteiger charge is 2.23. The first-order valence-electron chi connectivity index (χ1n) is 4.28. The fraction of sp³-hybridized carbons (Fsp3) is 0.857. The quantitative estimate of drug-likeness (QED) is 0.522. The van der Waals surface area contributed by atoms with Gasteiger partial charge in [0.25, 0.3) is 0 Å². The molecule has 4 N–H and O–H groups in total. The molecule has 0 aromatic rings. The molecule has 0 rings (SSSR count). The van der Waals surface area contributed by atoms with Gasteiger partial charge >= 0.3 is 0 Å². The van der Waals surface area contributed by atoms with Crippen molar-refractivity contribution in [1.29, 1.82) is 0 Å². The van der Waals surface area contributed by atoms with Crippen molar-refractivity contribution in [2.45, 2.75) is 25.1 Å². The van der Waals surface area contributed by atoms with Gasteiger partial charge in [-0.25, -0.2) is 13.1 Å². The molecular weight excluding hydrogens is 206 g/mol. The van der Waals surface area contributed by atoms with E-state index in [-0.39, 0.29) is 12.5 Å². The van der Waals surface area contributed by atoms with E-state index in [0.29, 0.717) is 0 Å². The van der Waals surface area contributed by atoms with Crippen molar-refractivity contribution < 1.29 is 13.2 Å². The Morgan fingerprint density at radius 1 is 1.43 bits per heavy atom. The highest BCUT2D eigenvalue weighted by molar-refractivity contribution is 7.90. The maximum Gasteiger partial charge on any atom is 0.237 e. The molecule has 2 unspecified atom stereocenters. The Kier molecular flexibility index (Phi) is 5.03. The summed E-state index contributed by atoms with van der Waals surface area (Å²) in [5.74, 6) is -0.377. The molecule has 0 saturated heterocycles. The molecule has 2 atom stereocenters. The maximum atomic E-state index is 11.4. The number of hydrogen-bond acceptors (Lipinski definition) is 4. The Bertz CT molecular complexity index is 289. The van der Waals surface area contributed by atoms with E-state index in [2.05, 4.69) is 10.0 Å². The summed E-state index contributed by atoms with van der Waals surface area (Å²) < 4.78 is 25.1. The third-order valence-electron chi connectivity index (χ3n) is 1.84. The highest BCUT2D eigenvalue weighted by atomic mass is 32.2. The SMILES string of the molecule is CNC(=O)C(C)NS(=O)(=O)C(C)CN. The molecule has 0 heterocycles. The third-order valence-corrected chi connectivity index (χ3v) is 3.78. The smallest absolute Gasteiger partial charge is 0.237 e. The monoisotopic (exact) mass is 223 g/mol. The predicted molar refractivity (Wildman–Crippen MR) is 54.1 cm³/mol. The molecule has 0 aromatic heterocycles. The van der Waals surface area contributed by atoms with Gasteiger partial charge in [0.05, 0.1) is 11.3 Å². The molecule has 14 heavy (non-hydrogen) atoms. The van der Waals surface area contributed by atoms with E-state index in [1.54, 1.807) is 0 Å². The summed E-state index contributed by atoms with van der Waals surface area (Å²) in [5.41, 5.74) is 5.22. The van der Waals surface area contributed by atoms with E-state index in [0.717, 1.165) is 0 Å². The lowest BCUT2D eigenvalue weighted by Gasteiger charge is -2.16. The van der Waals surface area contributed by atoms with E-state index >= 15 is 0 Å². The molecule has 6 nitrogen and oxygen atoms in total. The Labute approximate surface area is 84.3 Å². The molecule has 0 radical (unpaired) electrons. The zero-order valence-electron chi connectivity index (χ0n) is 8.57. The molecule has 0 bridgehead atoms. The fourth-order valence-corrected chi connectivity index (χ4v) is 1.84. The zero-order chi connectivity index (χ0) is 11.4. The van der Waals surface area contributed by atoms with Crippen LogP contribution in [0.2, 0.25) is 0 Å². The summed E-state index contributed by atoms with van der Waals surface area (Å²) in [4.78, 5) is 11.0. The minimum absolute atomic E-state index is 0.0236. The second-order valence-corrected chi connectivity index (χ2v) is 5.18. The van der Waals surface area contributed by atoms with Gasteiger partial charge in [-0.05, 0) is 13.8 Å². The number of nitrogens with one attached hydrogen (secondary N) is 2. The Balaban J connectivity index is 4.45. The number of nitrogens with two attached hydrogens (primary N) is 1. The normalized spacial score (nSPS) is 16.0. The number of rotatable bonds is 5. The van der Waals surface area contributed by atoms with Crippen LogP contribution >= 0.6 is 0 Å². The van der Waals surface area contributed by atoms with Gasteiger partial charge in [0.15, 0.2) is 0 Å². The summed E-state index contributed by atoms with van der Waals surface area (Å²) in [6.45, 7) is 2.98. The van der Waals surface area contributed by atoms with Crippen LogP contribution in [-0.2, 0) is 14.8 Å². The molecule has 0 fully saturated rings. The first-order chi connectivity index (χ1) is 6.35. The summed E-state index contributed by atoms with van der Waals surface area (Å²) >= 11 is 0. The Hall–Kier alpha value is -0.660. The van der Waals surface area contributed by atoms with Crippen molar-refractivity contribution in [3.63, 3.8) is 0 Å². The van der Waals surface area contributed by atoms with Crippen LogP contribution in [0.25, 0.3) is 0 Å². The number of carbonyl (C=O) groups is 1. The summed E-state index contributed by atoms with van der Waals surface area (Å²) in [7, 11) is -2.06. The molecule has 0 aliphatic carbocycles. The lowest BCUT2D eigenvalue weighted by molar-refractivity contribution is -0.121. The van der Waals surface area contributed by atoms with Crippen molar-refractivity contribution in [3.8, 4) is 0 Å². The van der Waals surface area contributed by atoms with E-state index in [1.807, 2.05) is 0 Å². The molecule has 1 amide bonds. The molecule has 84 valence electrons. The highest BCUT2D eigenvalue weighted by Crippen LogP contribution is 1.97. The molecular formula is C7H17N3O3S. The van der Waals surface area contributed by atoms with Crippen LogP contribution in [0.15, 0.2) is 0 Å². The van der Waals surface area contributed by atoms with Crippen LogP contribution in [0.4, 0.5) is 0 Å². The first kappa shape index (κ1) is 13.3. The fourth-order valence-electron chi connectivity index (χ4n) is 0.759. The molecule has 0 saturated carbocycles. The van der Waals surface area contributed by atoms with Crippen LogP contribution in [0.3, 0.4) is 0 Å². The van der Waals surface area contributed by atoms with E-state index in [1.165, 1.54) is 20.9 Å². The molecule has 0 aliphatic rings.